The first-order valence-corrected chi connectivity index (χ1v) is 14.6. The molecule has 0 aliphatic heterocycles. The van der Waals surface area contributed by atoms with Gasteiger partial charge < -0.3 is 27.2 Å². The molecule has 3 amide bonds. The summed E-state index contributed by atoms with van der Waals surface area (Å²) in [5.41, 5.74) is 8.77. The Kier molecular flexibility index (Phi) is 8.69. The summed E-state index contributed by atoms with van der Waals surface area (Å²) in [4.78, 5) is 35.7. The van der Waals surface area contributed by atoms with E-state index in [1.54, 1.807) is 0 Å². The van der Waals surface area contributed by atoms with Crippen molar-refractivity contribution in [1.29, 1.82) is 0 Å². The Morgan fingerprint density at radius 3 is 2.22 bits per heavy atom. The van der Waals surface area contributed by atoms with E-state index in [1.807, 2.05) is 0 Å². The highest BCUT2D eigenvalue weighted by Gasteiger charge is 2.55. The van der Waals surface area contributed by atoms with Crippen molar-refractivity contribution in [3.05, 3.63) is 58.4 Å². The van der Waals surface area contributed by atoms with Crippen molar-refractivity contribution in [3.63, 3.8) is 0 Å². The Morgan fingerprint density at radius 2 is 1.66 bits per heavy atom. The lowest BCUT2D eigenvalue weighted by Gasteiger charge is -2.42. The molecular formula is C26H28ClF3N4O6S. The number of halogens is 4. The zero-order valence-corrected chi connectivity index (χ0v) is 23.1. The molecule has 0 aromatic heterocycles. The van der Waals surface area contributed by atoms with Crippen molar-refractivity contribution in [2.24, 2.45) is 23.3 Å². The summed E-state index contributed by atoms with van der Waals surface area (Å²) in [6, 6.07) is 3.45. The van der Waals surface area contributed by atoms with Crippen LogP contribution in [0.1, 0.15) is 42.5 Å². The van der Waals surface area contributed by atoms with Crippen LogP contribution in [0.2, 0.25) is 5.02 Å². The molecule has 2 aromatic carbocycles. The monoisotopic (exact) mass is 616 g/mol. The minimum Gasteiger partial charge on any atom is -0.387 e. The third-order valence-corrected chi connectivity index (χ3v) is 10.5. The predicted octanol–water partition coefficient (Wildman–Crippen LogP) is 2.02. The Morgan fingerprint density at radius 1 is 1.07 bits per heavy atom. The summed E-state index contributed by atoms with van der Waals surface area (Å²) >= 11 is 6.23. The van der Waals surface area contributed by atoms with Crippen LogP contribution in [0.5, 0.6) is 0 Å². The SMILES string of the molecule is NC(=O)C[C@H](N)C(=O)NCC1(O)C2CCC1CC(S(=O)(=O)c1cc(C(=O)Nc3cc(F)c(F)c(F)c3)ccc1Cl)C2. The van der Waals surface area contributed by atoms with Crippen LogP contribution < -0.4 is 22.1 Å². The van der Waals surface area contributed by atoms with Crippen molar-refractivity contribution in [1.82, 2.24) is 5.32 Å². The van der Waals surface area contributed by atoms with Gasteiger partial charge >= 0.3 is 0 Å². The maximum Gasteiger partial charge on any atom is 0.255 e. The van der Waals surface area contributed by atoms with E-state index in [1.165, 1.54) is 12.1 Å². The lowest BCUT2D eigenvalue weighted by Crippen LogP contribution is -2.56. The van der Waals surface area contributed by atoms with Gasteiger partial charge in [0, 0.05) is 29.9 Å². The van der Waals surface area contributed by atoms with Crippen LogP contribution in [-0.2, 0) is 19.4 Å². The smallest absolute Gasteiger partial charge is 0.255 e. The zero-order valence-electron chi connectivity index (χ0n) is 21.5. The van der Waals surface area contributed by atoms with Gasteiger partial charge in [0.05, 0.1) is 33.2 Å². The second kappa shape index (κ2) is 11.6. The van der Waals surface area contributed by atoms with Gasteiger partial charge in [-0.2, -0.15) is 0 Å². The van der Waals surface area contributed by atoms with Crippen molar-refractivity contribution >= 4 is 44.8 Å². The van der Waals surface area contributed by atoms with Crippen molar-refractivity contribution in [3.8, 4) is 0 Å². The molecule has 0 spiro atoms. The molecule has 0 saturated heterocycles. The summed E-state index contributed by atoms with van der Waals surface area (Å²) in [6.45, 7) is -0.179. The number of hydrogen-bond acceptors (Lipinski definition) is 7. The normalized spacial score (nSPS) is 24.5. The van der Waals surface area contributed by atoms with Crippen LogP contribution in [0.15, 0.2) is 35.2 Å². The number of amides is 3. The molecule has 15 heteroatoms. The zero-order chi connectivity index (χ0) is 30.3. The molecule has 4 rings (SSSR count). The van der Waals surface area contributed by atoms with E-state index < -0.39 is 73.7 Å². The molecule has 0 radical (unpaired) electrons. The first-order valence-electron chi connectivity index (χ1n) is 12.7. The molecule has 2 aliphatic rings. The summed E-state index contributed by atoms with van der Waals surface area (Å²) in [5.74, 6) is -8.03. The van der Waals surface area contributed by atoms with Gasteiger partial charge in [0.2, 0.25) is 11.8 Å². The second-order valence-electron chi connectivity index (χ2n) is 10.4. The maximum atomic E-state index is 13.7. The van der Waals surface area contributed by atoms with E-state index >= 15 is 0 Å². The number of benzene rings is 2. The fourth-order valence-corrected chi connectivity index (χ4v) is 8.10. The molecule has 7 N–H and O–H groups in total. The molecule has 2 unspecified atom stereocenters. The van der Waals surface area contributed by atoms with Gasteiger partial charge in [0.1, 0.15) is 0 Å². The van der Waals surface area contributed by atoms with Crippen LogP contribution in [0, 0.1) is 29.3 Å². The molecule has 41 heavy (non-hydrogen) atoms. The predicted molar refractivity (Wildman–Crippen MR) is 142 cm³/mol. The molecule has 0 heterocycles. The largest absolute Gasteiger partial charge is 0.387 e. The van der Waals surface area contributed by atoms with Gasteiger partial charge in [0.25, 0.3) is 5.91 Å². The first kappa shape index (κ1) is 30.8. The lowest BCUT2D eigenvalue weighted by atomic mass is 9.74. The van der Waals surface area contributed by atoms with Gasteiger partial charge in [-0.15, -0.1) is 0 Å². The van der Waals surface area contributed by atoms with Crippen LogP contribution >= 0.6 is 11.6 Å². The highest BCUT2D eigenvalue weighted by Crippen LogP contribution is 2.52. The lowest BCUT2D eigenvalue weighted by molar-refractivity contribution is -0.128. The highest BCUT2D eigenvalue weighted by atomic mass is 35.5. The van der Waals surface area contributed by atoms with E-state index in [9.17, 15) is 41.1 Å². The average Bonchev–Trinajstić information content (AvgIpc) is 3.05. The molecule has 2 bridgehead atoms. The molecule has 2 aromatic rings. The molecular weight excluding hydrogens is 589 g/mol. The third kappa shape index (κ3) is 6.20. The summed E-state index contributed by atoms with van der Waals surface area (Å²) in [6.07, 6.45) is 0.764. The van der Waals surface area contributed by atoms with E-state index in [-0.39, 0.29) is 47.0 Å². The average molecular weight is 617 g/mol. The van der Waals surface area contributed by atoms with E-state index in [0.29, 0.717) is 25.0 Å². The van der Waals surface area contributed by atoms with Crippen molar-refractivity contribution in [2.45, 2.75) is 53.9 Å². The summed E-state index contributed by atoms with van der Waals surface area (Å²) in [5, 5.41) is 15.0. The number of nitrogens with one attached hydrogen (secondary N) is 2. The molecule has 2 saturated carbocycles. The molecule has 222 valence electrons. The number of sulfone groups is 1. The molecule has 10 nitrogen and oxygen atoms in total. The van der Waals surface area contributed by atoms with Crippen molar-refractivity contribution in [2.75, 3.05) is 11.9 Å². The fourth-order valence-electron chi connectivity index (χ4n) is 5.69. The Bertz CT molecular complexity index is 1470. The van der Waals surface area contributed by atoms with Crippen LogP contribution in [-0.4, -0.2) is 54.7 Å². The number of fused-ring (bicyclic) bond motifs is 2. The number of aliphatic hydroxyl groups is 1. The van der Waals surface area contributed by atoms with Crippen LogP contribution in [0.4, 0.5) is 18.9 Å². The van der Waals surface area contributed by atoms with Gasteiger partial charge in [0.15, 0.2) is 27.3 Å². The minimum atomic E-state index is -4.13. The van der Waals surface area contributed by atoms with Crippen LogP contribution in [0.3, 0.4) is 0 Å². The van der Waals surface area contributed by atoms with Gasteiger partial charge in [-0.3, -0.25) is 14.4 Å². The molecule has 2 fully saturated rings. The van der Waals surface area contributed by atoms with Crippen LogP contribution in [0.25, 0.3) is 0 Å². The highest BCUT2D eigenvalue weighted by molar-refractivity contribution is 7.92. The van der Waals surface area contributed by atoms with E-state index in [2.05, 4.69) is 10.6 Å². The van der Waals surface area contributed by atoms with E-state index in [4.69, 9.17) is 23.1 Å². The summed E-state index contributed by atoms with van der Waals surface area (Å²) in [7, 11) is -4.13. The number of carbonyl (C=O) groups is 3. The fraction of sp³-hybridized carbons (Fsp3) is 0.423. The Balaban J connectivity index is 1.50. The number of hydrogen-bond donors (Lipinski definition) is 5. The van der Waals surface area contributed by atoms with Gasteiger partial charge in [-0.25, -0.2) is 21.6 Å². The summed E-state index contributed by atoms with van der Waals surface area (Å²) < 4.78 is 67.7. The number of carbonyl (C=O) groups excluding carboxylic acids is 3. The Hall–Kier alpha value is -3.20. The number of primary amides is 1. The van der Waals surface area contributed by atoms with Gasteiger partial charge in [-0.05, 0) is 55.7 Å². The van der Waals surface area contributed by atoms with E-state index in [0.717, 1.165) is 6.07 Å². The molecule has 2 aliphatic carbocycles. The number of rotatable bonds is 9. The number of anilines is 1. The minimum absolute atomic E-state index is 0.0550. The van der Waals surface area contributed by atoms with Gasteiger partial charge in [-0.1, -0.05) is 11.6 Å². The topological polar surface area (TPSA) is 182 Å². The first-order chi connectivity index (χ1) is 19.1. The molecule has 3 atom stereocenters. The quantitative estimate of drug-likeness (QED) is 0.267. The third-order valence-electron chi connectivity index (χ3n) is 7.86. The number of nitrogens with two attached hydrogens (primary N) is 2. The second-order valence-corrected chi connectivity index (χ2v) is 13.1. The standard InChI is InChI=1S/C26H28ClF3N4O6S/c27-17-4-1-12(24(36)34-15-8-18(28)23(30)19(29)9-15)5-21(17)41(39,40)16-6-13-2-3-14(7-16)26(13,38)11-33-25(37)20(31)10-22(32)35/h1,4-5,8-9,13-14,16,20,38H,2-3,6-7,10-11,31H2,(H2,32,35)(H,33,37)(H,34,36)/t13?,14?,16?,20-,26?/m0/s1. The van der Waals surface area contributed by atoms with Crippen molar-refractivity contribution < 1.29 is 41.1 Å². The Labute approximate surface area is 238 Å². The maximum absolute atomic E-state index is 13.7.